The van der Waals surface area contributed by atoms with Crippen LogP contribution in [0.2, 0.25) is 0 Å². The zero-order chi connectivity index (χ0) is 20.8. The van der Waals surface area contributed by atoms with Crippen molar-refractivity contribution in [3.8, 4) is 6.07 Å². The fourth-order valence-electron chi connectivity index (χ4n) is 3.45. The van der Waals surface area contributed by atoms with Crippen molar-refractivity contribution in [2.75, 3.05) is 23.3 Å². The molecule has 3 rings (SSSR count). The van der Waals surface area contributed by atoms with Crippen LogP contribution in [-0.2, 0) is 11.2 Å². The number of hydrogen-bond acceptors (Lipinski definition) is 6. The van der Waals surface area contributed by atoms with Crippen LogP contribution in [-0.4, -0.2) is 35.0 Å². The molecule has 1 atom stereocenters. The SMILES string of the molecule is CCCc1cc(N2CCC(NC(=O)CC)C2)nc(Nc2ccc(C)c(C#N)c2)n1. The van der Waals surface area contributed by atoms with Gasteiger partial charge in [-0.3, -0.25) is 4.79 Å². The molecule has 29 heavy (non-hydrogen) atoms. The van der Waals surface area contributed by atoms with Gasteiger partial charge in [-0.25, -0.2) is 4.98 Å². The van der Waals surface area contributed by atoms with Gasteiger partial charge in [0.05, 0.1) is 11.6 Å². The summed E-state index contributed by atoms with van der Waals surface area (Å²) in [6.45, 7) is 7.50. The highest BCUT2D eigenvalue weighted by atomic mass is 16.1. The Kier molecular flexibility index (Phi) is 6.65. The number of benzene rings is 1. The third-order valence-corrected chi connectivity index (χ3v) is 5.08. The van der Waals surface area contributed by atoms with E-state index in [0.717, 1.165) is 55.1 Å². The maximum absolute atomic E-state index is 11.7. The van der Waals surface area contributed by atoms with Crippen LogP contribution in [0, 0.1) is 18.3 Å². The molecule has 2 aromatic rings. The lowest BCUT2D eigenvalue weighted by molar-refractivity contribution is -0.121. The van der Waals surface area contributed by atoms with Crippen LogP contribution in [0.5, 0.6) is 0 Å². The molecule has 1 saturated heterocycles. The van der Waals surface area contributed by atoms with Gasteiger partial charge < -0.3 is 15.5 Å². The number of aromatic nitrogens is 2. The number of nitrogens with one attached hydrogen (secondary N) is 2. The molecule has 2 heterocycles. The summed E-state index contributed by atoms with van der Waals surface area (Å²) in [7, 11) is 0. The number of anilines is 3. The fraction of sp³-hybridized carbons (Fsp3) is 0.455. The van der Waals surface area contributed by atoms with E-state index in [9.17, 15) is 10.1 Å². The van der Waals surface area contributed by atoms with Crippen LogP contribution in [0.3, 0.4) is 0 Å². The second-order valence-electron chi connectivity index (χ2n) is 7.41. The number of aryl methyl sites for hydroxylation is 2. The Hall–Kier alpha value is -3.14. The Bertz CT molecular complexity index is 920. The van der Waals surface area contributed by atoms with Crippen molar-refractivity contribution < 1.29 is 4.79 Å². The van der Waals surface area contributed by atoms with Crippen molar-refractivity contribution in [2.45, 2.75) is 52.5 Å². The lowest BCUT2D eigenvalue weighted by Gasteiger charge is -2.20. The number of rotatable bonds is 7. The molecule has 2 N–H and O–H groups in total. The minimum atomic E-state index is 0.0845. The highest BCUT2D eigenvalue weighted by molar-refractivity contribution is 5.76. The molecule has 1 unspecified atom stereocenters. The van der Waals surface area contributed by atoms with Crippen molar-refractivity contribution in [1.29, 1.82) is 5.26 Å². The van der Waals surface area contributed by atoms with Gasteiger partial charge >= 0.3 is 0 Å². The first-order valence-electron chi connectivity index (χ1n) is 10.2. The minimum absolute atomic E-state index is 0.0845. The largest absolute Gasteiger partial charge is 0.354 e. The van der Waals surface area contributed by atoms with Crippen molar-refractivity contribution in [1.82, 2.24) is 15.3 Å². The predicted molar refractivity (Wildman–Crippen MR) is 114 cm³/mol. The van der Waals surface area contributed by atoms with Crippen LogP contribution >= 0.6 is 0 Å². The molecule has 0 saturated carbocycles. The van der Waals surface area contributed by atoms with Crippen LogP contribution in [0.4, 0.5) is 17.5 Å². The molecule has 0 radical (unpaired) electrons. The Morgan fingerprint density at radius 2 is 2.14 bits per heavy atom. The van der Waals surface area contributed by atoms with E-state index in [2.05, 4.69) is 33.5 Å². The van der Waals surface area contributed by atoms with Crippen molar-refractivity contribution in [3.05, 3.63) is 41.1 Å². The smallest absolute Gasteiger partial charge is 0.229 e. The molecule has 1 amide bonds. The molecule has 1 aliphatic rings. The Morgan fingerprint density at radius 3 is 2.86 bits per heavy atom. The van der Waals surface area contributed by atoms with Gasteiger partial charge in [0.15, 0.2) is 0 Å². The van der Waals surface area contributed by atoms with Gasteiger partial charge in [0.25, 0.3) is 0 Å². The number of nitriles is 1. The summed E-state index contributed by atoms with van der Waals surface area (Å²) in [4.78, 5) is 23.3. The van der Waals surface area contributed by atoms with Gasteiger partial charge in [0.2, 0.25) is 11.9 Å². The third kappa shape index (κ3) is 5.23. The predicted octanol–water partition coefficient (Wildman–Crippen LogP) is 3.46. The average molecular weight is 393 g/mol. The van der Waals surface area contributed by atoms with Crippen molar-refractivity contribution >= 4 is 23.4 Å². The molecule has 1 fully saturated rings. The molecular weight excluding hydrogens is 364 g/mol. The number of hydrogen-bond donors (Lipinski definition) is 2. The molecule has 0 spiro atoms. The summed E-state index contributed by atoms with van der Waals surface area (Å²) in [6, 6.07) is 10.1. The van der Waals surface area contributed by atoms with E-state index in [4.69, 9.17) is 4.98 Å². The zero-order valence-electron chi connectivity index (χ0n) is 17.3. The van der Waals surface area contributed by atoms with Crippen molar-refractivity contribution in [3.63, 3.8) is 0 Å². The molecule has 1 aromatic heterocycles. The topological polar surface area (TPSA) is 93.9 Å². The van der Waals surface area contributed by atoms with E-state index < -0.39 is 0 Å². The van der Waals surface area contributed by atoms with Crippen LogP contribution < -0.4 is 15.5 Å². The van der Waals surface area contributed by atoms with Gasteiger partial charge in [0, 0.05) is 43.0 Å². The van der Waals surface area contributed by atoms with Gasteiger partial charge in [-0.05, 0) is 37.5 Å². The van der Waals surface area contributed by atoms with Gasteiger partial charge in [-0.1, -0.05) is 26.3 Å². The first-order chi connectivity index (χ1) is 14.0. The Balaban J connectivity index is 1.81. The first-order valence-corrected chi connectivity index (χ1v) is 10.2. The van der Waals surface area contributed by atoms with Crippen LogP contribution in [0.15, 0.2) is 24.3 Å². The van der Waals surface area contributed by atoms with Gasteiger partial charge in [-0.15, -0.1) is 0 Å². The summed E-state index contributed by atoms with van der Waals surface area (Å²) in [5.41, 5.74) is 3.35. The quantitative estimate of drug-likeness (QED) is 0.749. The highest BCUT2D eigenvalue weighted by Crippen LogP contribution is 2.24. The van der Waals surface area contributed by atoms with Crippen LogP contribution in [0.1, 0.15) is 49.9 Å². The molecule has 1 aliphatic heterocycles. The van der Waals surface area contributed by atoms with E-state index >= 15 is 0 Å². The molecular formula is C22H28N6O. The third-order valence-electron chi connectivity index (χ3n) is 5.08. The minimum Gasteiger partial charge on any atom is -0.354 e. The maximum Gasteiger partial charge on any atom is 0.229 e. The number of nitrogens with zero attached hydrogens (tertiary/aromatic N) is 4. The molecule has 7 nitrogen and oxygen atoms in total. The normalized spacial score (nSPS) is 15.8. The molecule has 152 valence electrons. The average Bonchev–Trinajstić information content (AvgIpc) is 3.18. The summed E-state index contributed by atoms with van der Waals surface area (Å²) in [6.07, 6.45) is 3.27. The first kappa shape index (κ1) is 20.6. The highest BCUT2D eigenvalue weighted by Gasteiger charge is 2.25. The summed E-state index contributed by atoms with van der Waals surface area (Å²) in [5.74, 6) is 1.48. The number of amides is 1. The second kappa shape index (κ2) is 9.37. The Morgan fingerprint density at radius 1 is 1.31 bits per heavy atom. The molecule has 0 aliphatic carbocycles. The molecule has 1 aromatic carbocycles. The summed E-state index contributed by atoms with van der Waals surface area (Å²) < 4.78 is 0. The Labute approximate surface area is 172 Å². The maximum atomic E-state index is 11.7. The zero-order valence-corrected chi connectivity index (χ0v) is 17.3. The van der Waals surface area contributed by atoms with Gasteiger partial charge in [-0.2, -0.15) is 10.2 Å². The van der Waals surface area contributed by atoms with Gasteiger partial charge in [0.1, 0.15) is 5.82 Å². The number of carbonyl (C=O) groups is 1. The monoisotopic (exact) mass is 392 g/mol. The van der Waals surface area contributed by atoms with E-state index in [1.165, 1.54) is 0 Å². The standard InChI is InChI=1S/C22H28N6O/c1-4-6-17-12-20(28-10-9-19(14-28)24-21(29)5-2)27-22(25-17)26-18-8-7-15(3)16(11-18)13-23/h7-8,11-12,19H,4-6,9-10,14H2,1-3H3,(H,24,29)(H,25,26,27). The van der Waals surface area contributed by atoms with E-state index in [0.29, 0.717) is 17.9 Å². The second-order valence-corrected chi connectivity index (χ2v) is 7.41. The van der Waals surface area contributed by atoms with E-state index in [1.807, 2.05) is 38.1 Å². The number of carbonyl (C=O) groups excluding carboxylic acids is 1. The van der Waals surface area contributed by atoms with E-state index in [-0.39, 0.29) is 11.9 Å². The molecule has 7 heteroatoms. The summed E-state index contributed by atoms with van der Waals surface area (Å²) >= 11 is 0. The molecule has 0 bridgehead atoms. The lowest BCUT2D eigenvalue weighted by atomic mass is 10.1. The summed E-state index contributed by atoms with van der Waals surface area (Å²) in [5, 5.41) is 15.6. The fourth-order valence-corrected chi connectivity index (χ4v) is 3.45. The van der Waals surface area contributed by atoms with Crippen LogP contribution in [0.25, 0.3) is 0 Å². The van der Waals surface area contributed by atoms with Crippen molar-refractivity contribution in [2.24, 2.45) is 0 Å². The lowest BCUT2D eigenvalue weighted by Crippen LogP contribution is -2.36. The van der Waals surface area contributed by atoms with E-state index in [1.54, 1.807) is 0 Å².